The Morgan fingerprint density at radius 2 is 2.14 bits per heavy atom. The Bertz CT molecular complexity index is 905. The molecule has 1 aromatic heterocycles. The second kappa shape index (κ2) is 6.95. The van der Waals surface area contributed by atoms with Gasteiger partial charge in [0.2, 0.25) is 11.9 Å². The zero-order chi connectivity index (χ0) is 19.3. The molecular weight excluding hydrogens is 356 g/mol. The van der Waals surface area contributed by atoms with E-state index in [4.69, 9.17) is 15.5 Å². The Kier molecular flexibility index (Phi) is 4.42. The second-order valence-electron chi connectivity index (χ2n) is 8.52. The first-order chi connectivity index (χ1) is 13.6. The minimum absolute atomic E-state index is 0.103. The van der Waals surface area contributed by atoms with Gasteiger partial charge in [0, 0.05) is 25.6 Å². The quantitative estimate of drug-likeness (QED) is 0.820. The molecule has 2 aromatic rings. The number of benzene rings is 1. The van der Waals surface area contributed by atoms with Gasteiger partial charge in [-0.2, -0.15) is 0 Å². The van der Waals surface area contributed by atoms with E-state index in [1.807, 2.05) is 0 Å². The van der Waals surface area contributed by atoms with Crippen LogP contribution in [-0.2, 0) is 17.8 Å². The first-order valence-electron chi connectivity index (χ1n) is 10.5. The number of hydrogen-bond donors (Lipinski definition) is 2. The van der Waals surface area contributed by atoms with Crippen LogP contribution in [0.2, 0.25) is 0 Å². The fourth-order valence-corrected chi connectivity index (χ4v) is 4.75. The molecule has 28 heavy (non-hydrogen) atoms. The number of carbonyl (C=O) groups excluding carboxylic acids is 1. The van der Waals surface area contributed by atoms with Crippen LogP contribution in [0.4, 0.5) is 5.95 Å². The van der Waals surface area contributed by atoms with Gasteiger partial charge >= 0.3 is 0 Å². The van der Waals surface area contributed by atoms with Gasteiger partial charge in [0.15, 0.2) is 0 Å². The fraction of sp³-hybridized carbons (Fsp3) is 0.619. The van der Waals surface area contributed by atoms with Gasteiger partial charge in [-0.1, -0.05) is 0 Å². The fourth-order valence-electron chi connectivity index (χ4n) is 4.75. The molecule has 2 aliphatic heterocycles. The van der Waals surface area contributed by atoms with E-state index in [9.17, 15) is 9.90 Å². The molecule has 3 aliphatic rings. The molecule has 7 nitrogen and oxygen atoms in total. The Balaban J connectivity index is 1.54. The van der Waals surface area contributed by atoms with Crippen molar-refractivity contribution < 1.29 is 14.6 Å². The molecule has 0 radical (unpaired) electrons. The maximum absolute atomic E-state index is 11.9. The maximum Gasteiger partial charge on any atom is 0.221 e. The number of imidazole rings is 1. The van der Waals surface area contributed by atoms with Crippen molar-refractivity contribution in [1.29, 1.82) is 0 Å². The van der Waals surface area contributed by atoms with E-state index in [2.05, 4.69) is 21.6 Å². The monoisotopic (exact) mass is 384 g/mol. The van der Waals surface area contributed by atoms with E-state index in [1.54, 1.807) is 0 Å². The lowest BCUT2D eigenvalue weighted by atomic mass is 9.94. The van der Waals surface area contributed by atoms with Gasteiger partial charge < -0.3 is 25.0 Å². The number of aryl methyl sites for hydroxylation is 1. The molecule has 1 aromatic carbocycles. The molecule has 0 spiro atoms. The summed E-state index contributed by atoms with van der Waals surface area (Å²) in [7, 11) is 0. The Morgan fingerprint density at radius 3 is 2.89 bits per heavy atom. The van der Waals surface area contributed by atoms with Crippen LogP contribution >= 0.6 is 0 Å². The van der Waals surface area contributed by atoms with Crippen LogP contribution in [0.15, 0.2) is 12.1 Å². The van der Waals surface area contributed by atoms with E-state index < -0.39 is 0 Å². The first kappa shape index (κ1) is 17.8. The van der Waals surface area contributed by atoms with Crippen molar-refractivity contribution in [1.82, 2.24) is 9.55 Å². The highest BCUT2D eigenvalue weighted by Gasteiger charge is 2.35. The standard InChI is InChI=1S/C21H28N4O3/c22-20(27)16(14-4-5-14)9-13-10-17-19-18(11-13)28-8-2-7-25(19)21(23-17)24-6-1-3-15(26)12-24/h10-11,14-16,26H,1-9,12H2,(H2,22,27)/t15?,16-/m0/s1. The minimum atomic E-state index is -0.298. The summed E-state index contributed by atoms with van der Waals surface area (Å²) in [4.78, 5) is 19.0. The maximum atomic E-state index is 11.9. The van der Waals surface area contributed by atoms with Gasteiger partial charge in [-0.05, 0) is 62.1 Å². The number of aromatic nitrogens is 2. The molecule has 1 aliphatic carbocycles. The third kappa shape index (κ3) is 3.21. The summed E-state index contributed by atoms with van der Waals surface area (Å²) in [6.45, 7) is 3.06. The number of amides is 1. The van der Waals surface area contributed by atoms with Crippen molar-refractivity contribution in [3.63, 3.8) is 0 Å². The summed E-state index contributed by atoms with van der Waals surface area (Å²) < 4.78 is 8.30. The number of β-amino-alcohol motifs (C(OH)–C–C–N with tert-alkyl or cyclic N) is 1. The number of hydrogen-bond acceptors (Lipinski definition) is 5. The molecular formula is C21H28N4O3. The number of primary amides is 1. The highest BCUT2D eigenvalue weighted by molar-refractivity contribution is 5.86. The highest BCUT2D eigenvalue weighted by atomic mass is 16.5. The van der Waals surface area contributed by atoms with E-state index >= 15 is 0 Å². The second-order valence-corrected chi connectivity index (χ2v) is 8.52. The van der Waals surface area contributed by atoms with E-state index in [0.29, 0.717) is 25.5 Å². The van der Waals surface area contributed by atoms with Gasteiger partial charge in [-0.15, -0.1) is 0 Å². The lowest BCUT2D eigenvalue weighted by molar-refractivity contribution is -0.122. The number of carbonyl (C=O) groups is 1. The first-order valence-corrected chi connectivity index (χ1v) is 10.5. The molecule has 150 valence electrons. The van der Waals surface area contributed by atoms with Gasteiger partial charge in [0.05, 0.1) is 18.2 Å². The molecule has 2 fully saturated rings. The zero-order valence-corrected chi connectivity index (χ0v) is 16.1. The number of piperidine rings is 1. The summed E-state index contributed by atoms with van der Waals surface area (Å²) in [6, 6.07) is 4.16. The minimum Gasteiger partial charge on any atom is -0.491 e. The summed E-state index contributed by atoms with van der Waals surface area (Å²) in [5.41, 5.74) is 8.66. The Hall–Kier alpha value is -2.28. The number of aliphatic hydroxyl groups excluding tert-OH is 1. The Labute approximate surface area is 164 Å². The Morgan fingerprint density at radius 1 is 1.29 bits per heavy atom. The van der Waals surface area contributed by atoms with Gasteiger partial charge in [0.25, 0.3) is 0 Å². The summed E-state index contributed by atoms with van der Waals surface area (Å²) in [5.74, 6) is 1.89. The predicted molar refractivity (Wildman–Crippen MR) is 106 cm³/mol. The molecule has 1 amide bonds. The molecule has 3 N–H and O–H groups in total. The smallest absolute Gasteiger partial charge is 0.221 e. The van der Waals surface area contributed by atoms with Crippen molar-refractivity contribution in [3.05, 3.63) is 17.7 Å². The van der Waals surface area contributed by atoms with Crippen molar-refractivity contribution >= 4 is 22.9 Å². The number of anilines is 1. The van der Waals surface area contributed by atoms with Gasteiger partial charge in [-0.3, -0.25) is 4.79 Å². The average Bonchev–Trinajstić information content (AvgIpc) is 3.46. The highest BCUT2D eigenvalue weighted by Crippen LogP contribution is 2.40. The zero-order valence-electron chi connectivity index (χ0n) is 16.1. The third-order valence-electron chi connectivity index (χ3n) is 6.32. The average molecular weight is 384 g/mol. The number of ether oxygens (including phenoxy) is 1. The molecule has 0 bridgehead atoms. The van der Waals surface area contributed by atoms with Crippen LogP contribution in [-0.4, -0.2) is 46.4 Å². The SMILES string of the molecule is NC(=O)[C@@H](Cc1cc2c3c(c1)nc(N1CCCC(O)C1)n3CCCO2)C1CC1. The van der Waals surface area contributed by atoms with Crippen LogP contribution in [0.5, 0.6) is 5.75 Å². The topological polar surface area (TPSA) is 93.6 Å². The predicted octanol–water partition coefficient (Wildman–Crippen LogP) is 1.83. The van der Waals surface area contributed by atoms with E-state index in [0.717, 1.165) is 73.5 Å². The van der Waals surface area contributed by atoms with Gasteiger partial charge in [-0.25, -0.2) is 4.98 Å². The van der Waals surface area contributed by atoms with E-state index in [1.165, 1.54) is 0 Å². The van der Waals surface area contributed by atoms with Crippen LogP contribution in [0.25, 0.3) is 11.0 Å². The van der Waals surface area contributed by atoms with E-state index in [-0.39, 0.29) is 17.9 Å². The molecule has 1 saturated heterocycles. The lowest BCUT2D eigenvalue weighted by Crippen LogP contribution is -2.39. The van der Waals surface area contributed by atoms with Gasteiger partial charge in [0.1, 0.15) is 11.3 Å². The van der Waals surface area contributed by atoms with Crippen LogP contribution in [0.3, 0.4) is 0 Å². The number of aliphatic hydroxyl groups is 1. The number of nitrogens with two attached hydrogens (primary N) is 1. The molecule has 5 rings (SSSR count). The summed E-state index contributed by atoms with van der Waals surface area (Å²) >= 11 is 0. The normalized spacial score (nSPS) is 23.3. The van der Waals surface area contributed by atoms with Crippen molar-refractivity contribution in [3.8, 4) is 5.75 Å². The molecule has 1 saturated carbocycles. The van der Waals surface area contributed by atoms with Crippen LogP contribution in [0.1, 0.15) is 37.7 Å². The number of nitrogens with zero attached hydrogens (tertiary/aromatic N) is 3. The summed E-state index contributed by atoms with van der Waals surface area (Å²) in [6.07, 6.45) is 5.28. The lowest BCUT2D eigenvalue weighted by Gasteiger charge is -2.31. The molecule has 2 atom stereocenters. The number of rotatable bonds is 5. The van der Waals surface area contributed by atoms with Crippen molar-refractivity contribution in [2.75, 3.05) is 24.6 Å². The molecule has 1 unspecified atom stereocenters. The molecule has 3 heterocycles. The largest absolute Gasteiger partial charge is 0.491 e. The molecule has 7 heteroatoms. The third-order valence-corrected chi connectivity index (χ3v) is 6.32. The summed E-state index contributed by atoms with van der Waals surface area (Å²) in [5, 5.41) is 10.1. The van der Waals surface area contributed by atoms with Crippen molar-refractivity contribution in [2.24, 2.45) is 17.6 Å². The van der Waals surface area contributed by atoms with Crippen LogP contribution in [0, 0.1) is 11.8 Å². The van der Waals surface area contributed by atoms with Crippen molar-refractivity contribution in [2.45, 2.75) is 51.2 Å². The van der Waals surface area contributed by atoms with Crippen LogP contribution < -0.4 is 15.4 Å².